The third kappa shape index (κ3) is 4.30. The average molecular weight is 405 g/mol. The maximum Gasteiger partial charge on any atom is 0.227 e. The summed E-state index contributed by atoms with van der Waals surface area (Å²) in [4.78, 5) is 30.0. The van der Waals surface area contributed by atoms with E-state index in [0.29, 0.717) is 5.56 Å². The molecule has 2 aliphatic rings. The molecule has 1 aliphatic heterocycles. The number of methoxy groups -OCH3 is 1. The molecule has 1 heterocycles. The van der Waals surface area contributed by atoms with Gasteiger partial charge in [0.05, 0.1) is 24.8 Å². The van der Waals surface area contributed by atoms with Crippen molar-refractivity contribution in [2.45, 2.75) is 51.5 Å². The minimum atomic E-state index is -0.243. The summed E-state index contributed by atoms with van der Waals surface area (Å²) in [6.07, 6.45) is 4.12. The van der Waals surface area contributed by atoms with Gasteiger partial charge in [0.2, 0.25) is 5.91 Å². The number of fused-ring (bicyclic) bond motifs is 1. The van der Waals surface area contributed by atoms with Crippen LogP contribution < -0.4 is 10.1 Å². The lowest BCUT2D eigenvalue weighted by molar-refractivity contribution is -0.122. The standard InChI is InChI=1S/C25H28N2O3/c1-25(2)15-18-9-12-20(30-3)13-21(18)22(27-25)14-23(28)16-7-10-19(11-8-16)26-24(29)17-5-4-6-17/h7-13,17H,4-6,14-15H2,1-3H3,(H,26,29). The summed E-state index contributed by atoms with van der Waals surface area (Å²) < 4.78 is 5.37. The number of benzene rings is 2. The Morgan fingerprint density at radius 1 is 1.13 bits per heavy atom. The smallest absolute Gasteiger partial charge is 0.227 e. The number of nitrogens with one attached hydrogen (secondary N) is 1. The Morgan fingerprint density at radius 3 is 2.50 bits per heavy atom. The summed E-state index contributed by atoms with van der Waals surface area (Å²) in [5.74, 6) is 0.984. The van der Waals surface area contributed by atoms with Gasteiger partial charge in [0.15, 0.2) is 5.78 Å². The summed E-state index contributed by atoms with van der Waals surface area (Å²) in [5, 5.41) is 2.94. The molecule has 0 bridgehead atoms. The summed E-state index contributed by atoms with van der Waals surface area (Å²) in [5.41, 5.74) is 4.08. The van der Waals surface area contributed by atoms with Crippen molar-refractivity contribution < 1.29 is 14.3 Å². The second-order valence-corrected chi connectivity index (χ2v) is 8.87. The van der Waals surface area contributed by atoms with Crippen LogP contribution in [-0.2, 0) is 11.2 Å². The van der Waals surface area contributed by atoms with Crippen LogP contribution in [0.15, 0.2) is 47.5 Å². The summed E-state index contributed by atoms with van der Waals surface area (Å²) in [6.45, 7) is 4.18. The molecule has 5 heteroatoms. The van der Waals surface area contributed by atoms with Crippen LogP contribution in [0.5, 0.6) is 5.75 Å². The van der Waals surface area contributed by atoms with E-state index in [1.165, 1.54) is 5.56 Å². The Bertz CT molecular complexity index is 1000. The molecule has 0 radical (unpaired) electrons. The van der Waals surface area contributed by atoms with E-state index < -0.39 is 0 Å². The highest BCUT2D eigenvalue weighted by atomic mass is 16.5. The first-order chi connectivity index (χ1) is 14.3. The van der Waals surface area contributed by atoms with E-state index >= 15 is 0 Å². The highest BCUT2D eigenvalue weighted by Crippen LogP contribution is 2.31. The number of aliphatic imine (C=N–C) groups is 1. The summed E-state index contributed by atoms with van der Waals surface area (Å²) in [7, 11) is 1.64. The fourth-order valence-electron chi connectivity index (χ4n) is 4.08. The molecular formula is C25H28N2O3. The second-order valence-electron chi connectivity index (χ2n) is 8.87. The predicted molar refractivity (Wildman–Crippen MR) is 119 cm³/mol. The SMILES string of the molecule is COc1ccc2c(c1)C(CC(=O)c1ccc(NC(=O)C3CCC3)cc1)=NC(C)(C)C2. The van der Waals surface area contributed by atoms with Crippen molar-refractivity contribution >= 4 is 23.1 Å². The van der Waals surface area contributed by atoms with Gasteiger partial charge in [-0.1, -0.05) is 12.5 Å². The molecule has 0 atom stereocenters. The zero-order valence-electron chi connectivity index (χ0n) is 17.8. The van der Waals surface area contributed by atoms with Crippen molar-refractivity contribution in [2.75, 3.05) is 12.4 Å². The number of hydrogen-bond donors (Lipinski definition) is 1. The highest BCUT2D eigenvalue weighted by molar-refractivity contribution is 6.17. The van der Waals surface area contributed by atoms with Gasteiger partial charge in [-0.25, -0.2) is 0 Å². The molecule has 156 valence electrons. The number of rotatable bonds is 6. The topological polar surface area (TPSA) is 67.8 Å². The quantitative estimate of drug-likeness (QED) is 0.701. The highest BCUT2D eigenvalue weighted by Gasteiger charge is 2.28. The van der Waals surface area contributed by atoms with Crippen LogP contribution in [0.2, 0.25) is 0 Å². The fraction of sp³-hybridized carbons (Fsp3) is 0.400. The van der Waals surface area contributed by atoms with Gasteiger partial charge < -0.3 is 10.1 Å². The van der Waals surface area contributed by atoms with Crippen molar-refractivity contribution in [3.63, 3.8) is 0 Å². The lowest BCUT2D eigenvalue weighted by atomic mass is 9.84. The molecule has 5 nitrogen and oxygen atoms in total. The molecule has 2 aromatic carbocycles. The lowest BCUT2D eigenvalue weighted by Gasteiger charge is -2.29. The Balaban J connectivity index is 1.50. The number of anilines is 1. The Morgan fingerprint density at radius 2 is 1.87 bits per heavy atom. The third-order valence-electron chi connectivity index (χ3n) is 5.97. The molecule has 30 heavy (non-hydrogen) atoms. The van der Waals surface area contributed by atoms with Crippen LogP contribution in [0.3, 0.4) is 0 Å². The molecule has 4 rings (SSSR count). The van der Waals surface area contributed by atoms with Crippen LogP contribution in [0.1, 0.15) is 61.0 Å². The van der Waals surface area contributed by atoms with Crippen LogP contribution in [0.25, 0.3) is 0 Å². The maximum atomic E-state index is 13.0. The Kier molecular flexibility index (Phi) is 5.46. The van der Waals surface area contributed by atoms with Crippen molar-refractivity contribution in [1.82, 2.24) is 0 Å². The van der Waals surface area contributed by atoms with Crippen LogP contribution >= 0.6 is 0 Å². The maximum absolute atomic E-state index is 13.0. The van der Waals surface area contributed by atoms with Crippen LogP contribution in [-0.4, -0.2) is 30.1 Å². The molecule has 1 N–H and O–H groups in total. The number of ketones is 1. The van der Waals surface area contributed by atoms with Crippen molar-refractivity contribution in [2.24, 2.45) is 10.9 Å². The number of nitrogens with zero attached hydrogens (tertiary/aromatic N) is 1. The molecule has 1 fully saturated rings. The monoisotopic (exact) mass is 404 g/mol. The fourth-order valence-corrected chi connectivity index (χ4v) is 4.08. The van der Waals surface area contributed by atoms with Crippen molar-refractivity contribution in [1.29, 1.82) is 0 Å². The van der Waals surface area contributed by atoms with Gasteiger partial charge in [-0.15, -0.1) is 0 Å². The minimum absolute atomic E-state index is 0.0112. The van der Waals surface area contributed by atoms with Crippen LogP contribution in [0.4, 0.5) is 5.69 Å². The van der Waals surface area contributed by atoms with E-state index in [2.05, 4.69) is 25.2 Å². The number of amides is 1. The number of Topliss-reactive ketones (excluding diaryl/α,β-unsaturated/α-hetero) is 1. The zero-order chi connectivity index (χ0) is 21.3. The van der Waals surface area contributed by atoms with Gasteiger partial charge >= 0.3 is 0 Å². The first-order valence-electron chi connectivity index (χ1n) is 10.5. The summed E-state index contributed by atoms with van der Waals surface area (Å²) >= 11 is 0. The number of carbonyl (C=O) groups is 2. The first-order valence-corrected chi connectivity index (χ1v) is 10.5. The van der Waals surface area contributed by atoms with Crippen LogP contribution in [0, 0.1) is 5.92 Å². The Labute approximate surface area is 177 Å². The largest absolute Gasteiger partial charge is 0.497 e. The predicted octanol–water partition coefficient (Wildman–Crippen LogP) is 4.83. The van der Waals surface area contributed by atoms with Gasteiger partial charge in [0.1, 0.15) is 5.75 Å². The number of carbonyl (C=O) groups excluding carboxylic acids is 2. The molecule has 0 aromatic heterocycles. The summed E-state index contributed by atoms with van der Waals surface area (Å²) in [6, 6.07) is 13.1. The number of ether oxygens (including phenoxy) is 1. The molecule has 1 amide bonds. The van der Waals surface area contributed by atoms with E-state index in [1.54, 1.807) is 31.4 Å². The van der Waals surface area contributed by atoms with Crippen molar-refractivity contribution in [3.05, 3.63) is 59.2 Å². The molecule has 0 unspecified atom stereocenters. The van der Waals surface area contributed by atoms with Gasteiger partial charge in [0.25, 0.3) is 0 Å². The first kappa shape index (κ1) is 20.3. The molecular weight excluding hydrogens is 376 g/mol. The number of hydrogen-bond acceptors (Lipinski definition) is 4. The van der Waals surface area contributed by atoms with Gasteiger partial charge in [-0.2, -0.15) is 0 Å². The molecule has 0 saturated heterocycles. The molecule has 1 saturated carbocycles. The zero-order valence-corrected chi connectivity index (χ0v) is 17.8. The Hall–Kier alpha value is -2.95. The third-order valence-corrected chi connectivity index (χ3v) is 5.97. The van der Waals surface area contributed by atoms with E-state index in [9.17, 15) is 9.59 Å². The minimum Gasteiger partial charge on any atom is -0.497 e. The molecule has 2 aromatic rings. The second kappa shape index (κ2) is 8.05. The van der Waals surface area contributed by atoms with Crippen molar-refractivity contribution in [3.8, 4) is 5.75 Å². The van der Waals surface area contributed by atoms with E-state index in [1.807, 2.05) is 12.1 Å². The normalized spacial score (nSPS) is 17.4. The molecule has 1 aliphatic carbocycles. The average Bonchev–Trinajstić information content (AvgIpc) is 2.66. The van der Waals surface area contributed by atoms with E-state index in [0.717, 1.165) is 48.4 Å². The van der Waals surface area contributed by atoms with E-state index in [-0.39, 0.29) is 29.6 Å². The van der Waals surface area contributed by atoms with E-state index in [4.69, 9.17) is 9.73 Å². The van der Waals surface area contributed by atoms with Gasteiger partial charge in [0, 0.05) is 22.7 Å². The van der Waals surface area contributed by atoms with Gasteiger partial charge in [-0.05, 0) is 75.1 Å². The molecule has 0 spiro atoms. The lowest BCUT2D eigenvalue weighted by Crippen LogP contribution is -2.30. The van der Waals surface area contributed by atoms with Gasteiger partial charge in [-0.3, -0.25) is 14.6 Å².